The van der Waals surface area contributed by atoms with Crippen LogP contribution < -0.4 is 11.3 Å². The highest BCUT2D eigenvalue weighted by molar-refractivity contribution is 6.74. The van der Waals surface area contributed by atoms with Crippen molar-refractivity contribution < 1.29 is 4.43 Å². The fourth-order valence-electron chi connectivity index (χ4n) is 3.87. The van der Waals surface area contributed by atoms with Gasteiger partial charge in [-0.2, -0.15) is 0 Å². The van der Waals surface area contributed by atoms with Crippen LogP contribution in [0.2, 0.25) is 23.2 Å². The minimum atomic E-state index is -2.02. The highest BCUT2D eigenvalue weighted by Gasteiger charge is 2.38. The molecule has 0 saturated carbocycles. The van der Waals surface area contributed by atoms with E-state index in [-0.39, 0.29) is 16.6 Å². The molecule has 0 unspecified atom stereocenters. The van der Waals surface area contributed by atoms with Crippen LogP contribution in [0.25, 0.3) is 11.1 Å². The molecule has 34 heavy (non-hydrogen) atoms. The standard InChI is InChI=1S/C27H32ClN3O2Si/c1-27(2,3)34(4,5)33-17-24(20-7-6-8-22(28)13-20)31-12-11-19(15-25(31)32)18-9-10-21-16-30-26(29)23(21)14-18/h6-15,24H,16-17H2,1-5H3,(H2,29,30)/t24-/m1/s1. The molecule has 2 aromatic carbocycles. The molecular formula is C27H32ClN3O2Si. The van der Waals surface area contributed by atoms with Gasteiger partial charge in [0.05, 0.1) is 19.2 Å². The zero-order valence-corrected chi connectivity index (χ0v) is 22.2. The third kappa shape index (κ3) is 4.90. The summed E-state index contributed by atoms with van der Waals surface area (Å²) >= 11 is 6.30. The van der Waals surface area contributed by atoms with E-state index in [1.54, 1.807) is 10.6 Å². The molecule has 0 fully saturated rings. The van der Waals surface area contributed by atoms with Crippen LogP contribution in [0.1, 0.15) is 43.5 Å². The summed E-state index contributed by atoms with van der Waals surface area (Å²) in [6.45, 7) is 12.1. The van der Waals surface area contributed by atoms with Crippen LogP contribution >= 0.6 is 11.6 Å². The first kappa shape index (κ1) is 24.5. The summed E-state index contributed by atoms with van der Waals surface area (Å²) in [6.07, 6.45) is 1.85. The average molecular weight is 494 g/mol. The van der Waals surface area contributed by atoms with Gasteiger partial charge in [0.15, 0.2) is 8.32 Å². The Morgan fingerprint density at radius 2 is 1.85 bits per heavy atom. The molecule has 2 N–H and O–H groups in total. The van der Waals surface area contributed by atoms with Crippen molar-refractivity contribution in [3.63, 3.8) is 0 Å². The molecule has 4 rings (SSSR count). The second-order valence-electron chi connectivity index (χ2n) is 10.4. The lowest BCUT2D eigenvalue weighted by molar-refractivity contribution is 0.246. The molecule has 1 atom stereocenters. The molecule has 3 aromatic rings. The van der Waals surface area contributed by atoms with Gasteiger partial charge in [-0.3, -0.25) is 9.79 Å². The number of halogens is 1. The van der Waals surface area contributed by atoms with Crippen molar-refractivity contribution in [3.05, 3.63) is 92.9 Å². The maximum atomic E-state index is 13.4. The summed E-state index contributed by atoms with van der Waals surface area (Å²) in [5.74, 6) is 0.550. The van der Waals surface area contributed by atoms with Crippen molar-refractivity contribution in [1.29, 1.82) is 0 Å². The number of hydrogen-bond acceptors (Lipinski definition) is 4. The first-order chi connectivity index (χ1) is 16.0. The number of rotatable bonds is 6. The first-order valence-corrected chi connectivity index (χ1v) is 14.8. The van der Waals surface area contributed by atoms with Crippen LogP contribution in [0.15, 0.2) is 70.6 Å². The van der Waals surface area contributed by atoms with Crippen LogP contribution in [-0.2, 0) is 11.0 Å². The maximum Gasteiger partial charge on any atom is 0.251 e. The van der Waals surface area contributed by atoms with Crippen molar-refractivity contribution in [2.45, 2.75) is 51.5 Å². The van der Waals surface area contributed by atoms with Gasteiger partial charge in [-0.25, -0.2) is 0 Å². The minimum absolute atomic E-state index is 0.0689. The molecule has 0 bridgehead atoms. The highest BCUT2D eigenvalue weighted by Crippen LogP contribution is 2.37. The fourth-order valence-corrected chi connectivity index (χ4v) is 5.08. The largest absolute Gasteiger partial charge is 0.414 e. The third-order valence-corrected chi connectivity index (χ3v) is 11.8. The molecular weight excluding hydrogens is 462 g/mol. The predicted octanol–water partition coefficient (Wildman–Crippen LogP) is 6.00. The van der Waals surface area contributed by atoms with E-state index in [0.29, 0.717) is 24.0 Å². The Morgan fingerprint density at radius 1 is 1.12 bits per heavy atom. The molecule has 0 spiro atoms. The number of fused-ring (bicyclic) bond motifs is 1. The number of nitrogens with zero attached hydrogens (tertiary/aromatic N) is 2. The third-order valence-electron chi connectivity index (χ3n) is 7.06. The van der Waals surface area contributed by atoms with Crippen LogP contribution in [0.5, 0.6) is 0 Å². The van der Waals surface area contributed by atoms with Gasteiger partial charge in [-0.1, -0.05) is 56.6 Å². The topological polar surface area (TPSA) is 69.6 Å². The maximum absolute atomic E-state index is 13.4. The summed E-state index contributed by atoms with van der Waals surface area (Å²) in [7, 11) is -2.02. The zero-order valence-electron chi connectivity index (χ0n) is 20.4. The summed E-state index contributed by atoms with van der Waals surface area (Å²) in [5.41, 5.74) is 10.7. The number of hydrogen-bond donors (Lipinski definition) is 1. The van der Waals surface area contributed by atoms with Crippen LogP contribution in [0, 0.1) is 0 Å². The zero-order chi connectivity index (χ0) is 24.7. The SMILES string of the molecule is CC(C)(C)[Si](C)(C)OC[C@H](c1cccc(Cl)c1)n1ccc(-c2ccc3c(c2)C(N)=NC3)cc1=O. The summed E-state index contributed by atoms with van der Waals surface area (Å²) in [5, 5.41) is 0.705. The molecule has 7 heteroatoms. The minimum Gasteiger partial charge on any atom is -0.414 e. The van der Waals surface area contributed by atoms with E-state index in [9.17, 15) is 4.79 Å². The molecule has 1 aliphatic rings. The molecule has 178 valence electrons. The van der Waals surface area contributed by atoms with E-state index in [4.69, 9.17) is 21.8 Å². The van der Waals surface area contributed by atoms with Gasteiger partial charge in [-0.05, 0) is 64.7 Å². The smallest absolute Gasteiger partial charge is 0.251 e. The number of aromatic nitrogens is 1. The average Bonchev–Trinajstić information content (AvgIpc) is 3.14. The first-order valence-electron chi connectivity index (χ1n) is 11.5. The number of nitrogens with two attached hydrogens (primary N) is 1. The summed E-state index contributed by atoms with van der Waals surface area (Å²) in [4.78, 5) is 17.7. The number of amidine groups is 1. The molecule has 1 aliphatic heterocycles. The monoisotopic (exact) mass is 493 g/mol. The van der Waals surface area contributed by atoms with Crippen LogP contribution in [0.3, 0.4) is 0 Å². The molecule has 5 nitrogen and oxygen atoms in total. The van der Waals surface area contributed by atoms with Gasteiger partial charge in [0.1, 0.15) is 5.84 Å². The van der Waals surface area contributed by atoms with E-state index in [0.717, 1.165) is 27.8 Å². The van der Waals surface area contributed by atoms with E-state index in [1.807, 2.05) is 54.7 Å². The van der Waals surface area contributed by atoms with Gasteiger partial charge >= 0.3 is 0 Å². The Morgan fingerprint density at radius 3 is 2.53 bits per heavy atom. The summed E-state index contributed by atoms with van der Waals surface area (Å²) < 4.78 is 8.29. The molecule has 0 saturated heterocycles. The highest BCUT2D eigenvalue weighted by atomic mass is 35.5. The normalized spacial score (nSPS) is 14.6. The fraction of sp³-hybridized carbons (Fsp3) is 0.333. The number of benzene rings is 2. The molecule has 0 radical (unpaired) electrons. The molecule has 2 heterocycles. The van der Waals surface area contributed by atoms with Gasteiger partial charge in [0, 0.05) is 22.8 Å². The van der Waals surface area contributed by atoms with Gasteiger partial charge in [0.2, 0.25) is 0 Å². The van der Waals surface area contributed by atoms with E-state index >= 15 is 0 Å². The van der Waals surface area contributed by atoms with Crippen LogP contribution in [-0.4, -0.2) is 25.3 Å². The molecule has 1 aromatic heterocycles. The van der Waals surface area contributed by atoms with Crippen molar-refractivity contribution in [2.24, 2.45) is 10.7 Å². The Balaban J connectivity index is 1.70. The Labute approximate surface area is 207 Å². The van der Waals surface area contributed by atoms with Crippen molar-refractivity contribution in [3.8, 4) is 11.1 Å². The quantitative estimate of drug-likeness (QED) is 0.428. The van der Waals surface area contributed by atoms with Crippen molar-refractivity contribution >= 4 is 25.8 Å². The Hall–Kier alpha value is -2.67. The lowest BCUT2D eigenvalue weighted by Crippen LogP contribution is -2.43. The van der Waals surface area contributed by atoms with Crippen molar-refractivity contribution in [2.75, 3.05) is 6.61 Å². The van der Waals surface area contributed by atoms with E-state index in [2.05, 4.69) is 38.9 Å². The van der Waals surface area contributed by atoms with Gasteiger partial charge in [0.25, 0.3) is 5.56 Å². The van der Waals surface area contributed by atoms with E-state index in [1.165, 1.54) is 0 Å². The number of aliphatic imine (C=N–C) groups is 1. The lowest BCUT2D eigenvalue weighted by atomic mass is 10.00. The predicted molar refractivity (Wildman–Crippen MR) is 143 cm³/mol. The second-order valence-corrected chi connectivity index (χ2v) is 15.6. The molecule has 0 amide bonds. The Bertz CT molecular complexity index is 1310. The summed E-state index contributed by atoms with van der Waals surface area (Å²) in [6, 6.07) is 17.1. The Kier molecular flexibility index (Phi) is 6.60. The van der Waals surface area contributed by atoms with Gasteiger partial charge in [-0.15, -0.1) is 0 Å². The lowest BCUT2D eigenvalue weighted by Gasteiger charge is -2.37. The van der Waals surface area contributed by atoms with Crippen molar-refractivity contribution in [1.82, 2.24) is 4.57 Å². The van der Waals surface area contributed by atoms with Gasteiger partial charge < -0.3 is 14.7 Å². The second kappa shape index (κ2) is 9.17. The molecule has 0 aliphatic carbocycles. The van der Waals surface area contributed by atoms with E-state index < -0.39 is 8.32 Å². The number of pyridine rings is 1. The van der Waals surface area contributed by atoms with Crippen LogP contribution in [0.4, 0.5) is 0 Å².